The number of hydrogen-bond acceptors (Lipinski definition) is 3. The summed E-state index contributed by atoms with van der Waals surface area (Å²) in [6.45, 7) is 1.68. The van der Waals surface area contributed by atoms with Gasteiger partial charge in [-0.2, -0.15) is 0 Å². The molecule has 78 valence electrons. The van der Waals surface area contributed by atoms with Crippen molar-refractivity contribution in [3.63, 3.8) is 0 Å². The standard InChI is InChI=1S/C8H15ClO3S/c1-3-8(9,13(2,11)12)7(10)6-4-5-6/h6-7,10H,3-5H2,1-2H3/t7-,8-/m0/s1. The van der Waals surface area contributed by atoms with Gasteiger partial charge in [-0.3, -0.25) is 0 Å². The van der Waals surface area contributed by atoms with E-state index in [1.807, 2.05) is 0 Å². The van der Waals surface area contributed by atoms with Crippen molar-refractivity contribution in [2.75, 3.05) is 6.26 Å². The van der Waals surface area contributed by atoms with Crippen molar-refractivity contribution in [1.82, 2.24) is 0 Å². The van der Waals surface area contributed by atoms with Crippen molar-refractivity contribution < 1.29 is 13.5 Å². The first-order valence-corrected chi connectivity index (χ1v) is 6.66. The molecule has 1 saturated carbocycles. The normalized spacial score (nSPS) is 25.2. The van der Waals surface area contributed by atoms with E-state index in [1.54, 1.807) is 6.92 Å². The Bertz CT molecular complexity index is 284. The van der Waals surface area contributed by atoms with Crippen molar-refractivity contribution in [3.8, 4) is 0 Å². The second-order valence-corrected chi connectivity index (χ2v) is 6.87. The summed E-state index contributed by atoms with van der Waals surface area (Å²) in [7, 11) is -3.40. The number of halogens is 1. The van der Waals surface area contributed by atoms with Crippen LogP contribution in [0.25, 0.3) is 0 Å². The summed E-state index contributed by atoms with van der Waals surface area (Å²) < 4.78 is 21.3. The molecule has 1 aliphatic rings. The highest BCUT2D eigenvalue weighted by atomic mass is 35.5. The van der Waals surface area contributed by atoms with Crippen LogP contribution in [0.1, 0.15) is 26.2 Å². The molecule has 0 aromatic rings. The smallest absolute Gasteiger partial charge is 0.171 e. The third kappa shape index (κ3) is 2.00. The second-order valence-electron chi connectivity index (χ2n) is 3.69. The fraction of sp³-hybridized carbons (Fsp3) is 1.00. The molecule has 0 radical (unpaired) electrons. The quantitative estimate of drug-likeness (QED) is 0.732. The average Bonchev–Trinajstić information content (AvgIpc) is 2.81. The van der Waals surface area contributed by atoms with Gasteiger partial charge in [-0.05, 0) is 25.2 Å². The van der Waals surface area contributed by atoms with Crippen molar-refractivity contribution in [2.24, 2.45) is 5.92 Å². The summed E-state index contributed by atoms with van der Waals surface area (Å²) in [6, 6.07) is 0. The molecule has 0 aliphatic heterocycles. The molecule has 1 N–H and O–H groups in total. The molecule has 0 spiro atoms. The van der Waals surface area contributed by atoms with Crippen LogP contribution in [0.3, 0.4) is 0 Å². The van der Waals surface area contributed by atoms with E-state index < -0.39 is 20.1 Å². The summed E-state index contributed by atoms with van der Waals surface area (Å²) in [5, 5.41) is 9.73. The van der Waals surface area contributed by atoms with E-state index in [-0.39, 0.29) is 12.3 Å². The Balaban J connectivity index is 2.91. The highest BCUT2D eigenvalue weighted by molar-refractivity contribution is 7.93. The monoisotopic (exact) mass is 226 g/mol. The van der Waals surface area contributed by atoms with Crippen molar-refractivity contribution in [3.05, 3.63) is 0 Å². The fourth-order valence-electron chi connectivity index (χ4n) is 1.45. The van der Waals surface area contributed by atoms with Crippen LogP contribution in [0, 0.1) is 5.92 Å². The Kier molecular flexibility index (Phi) is 2.95. The molecule has 0 aromatic heterocycles. The van der Waals surface area contributed by atoms with E-state index in [0.717, 1.165) is 19.1 Å². The molecule has 13 heavy (non-hydrogen) atoms. The number of aliphatic hydroxyl groups excluding tert-OH is 1. The van der Waals surface area contributed by atoms with Gasteiger partial charge in [0.1, 0.15) is 0 Å². The van der Waals surface area contributed by atoms with Crippen LogP contribution < -0.4 is 0 Å². The molecule has 0 saturated heterocycles. The lowest BCUT2D eigenvalue weighted by molar-refractivity contribution is 0.130. The largest absolute Gasteiger partial charge is 0.390 e. The summed E-state index contributed by atoms with van der Waals surface area (Å²) >= 11 is 5.95. The first kappa shape index (κ1) is 11.3. The molecule has 2 atom stereocenters. The third-order valence-corrected chi connectivity index (χ3v) is 5.70. The van der Waals surface area contributed by atoms with Gasteiger partial charge in [0, 0.05) is 6.26 Å². The van der Waals surface area contributed by atoms with E-state index in [9.17, 15) is 13.5 Å². The Morgan fingerprint density at radius 2 is 2.08 bits per heavy atom. The van der Waals surface area contributed by atoms with Crippen LogP contribution in [0.2, 0.25) is 0 Å². The first-order valence-electron chi connectivity index (χ1n) is 4.39. The highest BCUT2D eigenvalue weighted by Gasteiger charge is 2.50. The van der Waals surface area contributed by atoms with E-state index in [2.05, 4.69) is 0 Å². The number of hydrogen-bond donors (Lipinski definition) is 1. The highest BCUT2D eigenvalue weighted by Crippen LogP contribution is 2.43. The molecular weight excluding hydrogens is 212 g/mol. The molecule has 0 bridgehead atoms. The van der Waals surface area contributed by atoms with E-state index in [1.165, 1.54) is 0 Å². The maximum Gasteiger partial charge on any atom is 0.171 e. The van der Waals surface area contributed by atoms with E-state index >= 15 is 0 Å². The molecule has 1 rings (SSSR count). The summed E-state index contributed by atoms with van der Waals surface area (Å²) in [5.74, 6) is 0.0761. The Morgan fingerprint density at radius 3 is 2.31 bits per heavy atom. The Morgan fingerprint density at radius 1 is 1.62 bits per heavy atom. The maximum atomic E-state index is 11.4. The van der Waals surface area contributed by atoms with Gasteiger partial charge in [-0.15, -0.1) is 0 Å². The summed E-state index contributed by atoms with van der Waals surface area (Å²) in [5.41, 5.74) is 0. The maximum absolute atomic E-state index is 11.4. The lowest BCUT2D eigenvalue weighted by Crippen LogP contribution is -2.44. The van der Waals surface area contributed by atoms with Crippen molar-refractivity contribution in [1.29, 1.82) is 0 Å². The van der Waals surface area contributed by atoms with Gasteiger partial charge in [0.2, 0.25) is 0 Å². The molecule has 5 heteroatoms. The third-order valence-electron chi connectivity index (χ3n) is 2.61. The predicted molar refractivity (Wildman–Crippen MR) is 52.4 cm³/mol. The molecule has 3 nitrogen and oxygen atoms in total. The van der Waals surface area contributed by atoms with Crippen LogP contribution in [0.4, 0.5) is 0 Å². The zero-order valence-electron chi connectivity index (χ0n) is 7.83. The Labute approximate surface area is 84.0 Å². The first-order chi connectivity index (χ1) is 5.83. The van der Waals surface area contributed by atoms with Gasteiger partial charge < -0.3 is 5.11 Å². The molecule has 0 aromatic carbocycles. The second kappa shape index (κ2) is 3.41. The number of sulfone groups is 1. The van der Waals surface area contributed by atoms with Gasteiger partial charge in [0.15, 0.2) is 14.0 Å². The lowest BCUT2D eigenvalue weighted by Gasteiger charge is -2.29. The predicted octanol–water partition coefficient (Wildman–Crippen LogP) is 1.15. The van der Waals surface area contributed by atoms with Gasteiger partial charge in [-0.25, -0.2) is 8.42 Å². The minimum Gasteiger partial charge on any atom is -0.390 e. The van der Waals surface area contributed by atoms with Gasteiger partial charge >= 0.3 is 0 Å². The topological polar surface area (TPSA) is 54.4 Å². The molecule has 1 aliphatic carbocycles. The van der Waals surface area contributed by atoms with E-state index in [4.69, 9.17) is 11.6 Å². The van der Waals surface area contributed by atoms with Gasteiger partial charge in [0.25, 0.3) is 0 Å². The number of alkyl halides is 1. The van der Waals surface area contributed by atoms with Crippen LogP contribution in [-0.4, -0.2) is 30.1 Å². The van der Waals surface area contributed by atoms with Crippen LogP contribution in [0.5, 0.6) is 0 Å². The minimum atomic E-state index is -3.40. The molecule has 0 heterocycles. The van der Waals surface area contributed by atoms with Crippen LogP contribution in [0.15, 0.2) is 0 Å². The zero-order chi connectivity index (χ0) is 10.3. The lowest BCUT2D eigenvalue weighted by atomic mass is 10.1. The number of rotatable bonds is 4. The SMILES string of the molecule is CC[C@@](Cl)([C@@H](O)C1CC1)S(C)(=O)=O. The fourth-order valence-corrected chi connectivity index (χ4v) is 2.79. The summed E-state index contributed by atoms with van der Waals surface area (Å²) in [4.78, 5) is 0. The molecule has 0 amide bonds. The van der Waals surface area contributed by atoms with Crippen molar-refractivity contribution >= 4 is 21.4 Å². The number of aliphatic hydroxyl groups is 1. The molecule has 0 unspecified atom stereocenters. The Hall–Kier alpha value is 0.200. The molecular formula is C8H15ClO3S. The van der Waals surface area contributed by atoms with E-state index in [0.29, 0.717) is 0 Å². The van der Waals surface area contributed by atoms with Crippen LogP contribution >= 0.6 is 11.6 Å². The minimum absolute atomic E-state index is 0.0761. The summed E-state index contributed by atoms with van der Waals surface area (Å²) in [6.07, 6.45) is 2.16. The van der Waals surface area contributed by atoms with Gasteiger partial charge in [-0.1, -0.05) is 18.5 Å². The van der Waals surface area contributed by atoms with Crippen molar-refractivity contribution in [2.45, 2.75) is 36.5 Å². The zero-order valence-corrected chi connectivity index (χ0v) is 9.40. The average molecular weight is 227 g/mol. The van der Waals surface area contributed by atoms with Crippen LogP contribution in [-0.2, 0) is 9.84 Å². The van der Waals surface area contributed by atoms with Gasteiger partial charge in [0.05, 0.1) is 6.10 Å². The molecule has 1 fully saturated rings.